The highest BCUT2D eigenvalue weighted by Crippen LogP contribution is 2.25. The van der Waals surface area contributed by atoms with Crippen LogP contribution in [-0.4, -0.2) is 14.6 Å². The van der Waals surface area contributed by atoms with Crippen molar-refractivity contribution in [2.24, 2.45) is 0 Å². The van der Waals surface area contributed by atoms with Gasteiger partial charge in [0.15, 0.2) is 5.65 Å². The average Bonchev–Trinajstić information content (AvgIpc) is 2.70. The molecule has 0 radical (unpaired) electrons. The zero-order valence-electron chi connectivity index (χ0n) is 9.46. The highest BCUT2D eigenvalue weighted by molar-refractivity contribution is 5.74. The molecule has 0 saturated carbocycles. The van der Waals surface area contributed by atoms with Crippen molar-refractivity contribution in [2.75, 3.05) is 5.73 Å². The number of nitrogens with zero attached hydrogens (tertiary/aromatic N) is 3. The van der Waals surface area contributed by atoms with Crippen LogP contribution in [-0.2, 0) is 0 Å². The van der Waals surface area contributed by atoms with E-state index in [0.29, 0.717) is 5.69 Å². The Morgan fingerprint density at radius 2 is 1.94 bits per heavy atom. The fourth-order valence-electron chi connectivity index (χ4n) is 1.95. The lowest BCUT2D eigenvalue weighted by Gasteiger charge is -2.07. The van der Waals surface area contributed by atoms with Gasteiger partial charge in [-0.15, -0.1) is 0 Å². The Hall–Kier alpha value is -2.36. The first-order valence-electron chi connectivity index (χ1n) is 5.42. The molecule has 0 fully saturated rings. The van der Waals surface area contributed by atoms with E-state index >= 15 is 0 Å². The molecule has 0 aliphatic carbocycles. The SMILES string of the molecule is Cc1cc2ncc(N)c(-c3ccccc3)n2n1. The van der Waals surface area contributed by atoms with Gasteiger partial charge in [-0.05, 0) is 6.92 Å². The third kappa shape index (κ3) is 1.54. The number of hydrogen-bond acceptors (Lipinski definition) is 3. The molecule has 0 spiro atoms. The third-order valence-electron chi connectivity index (χ3n) is 2.68. The molecule has 0 atom stereocenters. The van der Waals surface area contributed by atoms with Crippen LogP contribution in [0.25, 0.3) is 16.9 Å². The summed E-state index contributed by atoms with van der Waals surface area (Å²) in [7, 11) is 0. The van der Waals surface area contributed by atoms with Crippen molar-refractivity contribution >= 4 is 11.3 Å². The topological polar surface area (TPSA) is 56.2 Å². The van der Waals surface area contributed by atoms with Crippen molar-refractivity contribution in [3.63, 3.8) is 0 Å². The van der Waals surface area contributed by atoms with E-state index in [1.807, 2.05) is 43.3 Å². The molecule has 0 bridgehead atoms. The number of nitrogens with two attached hydrogens (primary N) is 1. The number of aromatic nitrogens is 3. The van der Waals surface area contributed by atoms with Gasteiger partial charge in [0.1, 0.15) is 0 Å². The number of hydrogen-bond donors (Lipinski definition) is 1. The summed E-state index contributed by atoms with van der Waals surface area (Å²) in [6, 6.07) is 11.9. The highest BCUT2D eigenvalue weighted by atomic mass is 15.3. The lowest BCUT2D eigenvalue weighted by Crippen LogP contribution is -2.01. The molecule has 0 aliphatic rings. The predicted octanol–water partition coefficient (Wildman–Crippen LogP) is 2.29. The van der Waals surface area contributed by atoms with Crippen molar-refractivity contribution < 1.29 is 0 Å². The molecule has 3 aromatic rings. The van der Waals surface area contributed by atoms with Crippen LogP contribution in [0.4, 0.5) is 5.69 Å². The maximum absolute atomic E-state index is 6.00. The Balaban J connectivity index is 2.38. The van der Waals surface area contributed by atoms with Crippen LogP contribution in [0, 0.1) is 6.92 Å². The fraction of sp³-hybridized carbons (Fsp3) is 0.0769. The van der Waals surface area contributed by atoms with Crippen LogP contribution in [0.3, 0.4) is 0 Å². The van der Waals surface area contributed by atoms with Gasteiger partial charge in [0.2, 0.25) is 0 Å². The van der Waals surface area contributed by atoms with Gasteiger partial charge >= 0.3 is 0 Å². The standard InChI is InChI=1S/C13H12N4/c1-9-7-12-15-8-11(14)13(17(12)16-9)10-5-3-2-4-6-10/h2-8H,14H2,1H3. The summed E-state index contributed by atoms with van der Waals surface area (Å²) < 4.78 is 1.79. The van der Waals surface area contributed by atoms with E-state index in [-0.39, 0.29) is 0 Å². The van der Waals surface area contributed by atoms with Crippen LogP contribution in [0.5, 0.6) is 0 Å². The Morgan fingerprint density at radius 1 is 1.18 bits per heavy atom. The number of aryl methyl sites for hydroxylation is 1. The second-order valence-electron chi connectivity index (χ2n) is 3.98. The molecule has 0 unspecified atom stereocenters. The molecular weight excluding hydrogens is 212 g/mol. The van der Waals surface area contributed by atoms with Crippen molar-refractivity contribution in [1.29, 1.82) is 0 Å². The Morgan fingerprint density at radius 3 is 2.71 bits per heavy atom. The van der Waals surface area contributed by atoms with Gasteiger partial charge in [-0.25, -0.2) is 9.50 Å². The van der Waals surface area contributed by atoms with Crippen LogP contribution >= 0.6 is 0 Å². The van der Waals surface area contributed by atoms with E-state index in [4.69, 9.17) is 5.73 Å². The van der Waals surface area contributed by atoms with Gasteiger partial charge in [-0.3, -0.25) is 0 Å². The molecule has 0 aliphatic heterocycles. The fourth-order valence-corrected chi connectivity index (χ4v) is 1.95. The van der Waals surface area contributed by atoms with Crippen molar-refractivity contribution in [3.05, 3.63) is 48.3 Å². The maximum Gasteiger partial charge on any atom is 0.156 e. The molecule has 0 saturated heterocycles. The molecule has 4 nitrogen and oxygen atoms in total. The van der Waals surface area contributed by atoms with E-state index < -0.39 is 0 Å². The van der Waals surface area contributed by atoms with Crippen molar-refractivity contribution in [1.82, 2.24) is 14.6 Å². The van der Waals surface area contributed by atoms with Gasteiger partial charge in [0.25, 0.3) is 0 Å². The quantitative estimate of drug-likeness (QED) is 0.690. The molecule has 17 heavy (non-hydrogen) atoms. The summed E-state index contributed by atoms with van der Waals surface area (Å²) in [5.41, 5.74) is 10.3. The summed E-state index contributed by atoms with van der Waals surface area (Å²) in [6.07, 6.45) is 1.68. The monoisotopic (exact) mass is 224 g/mol. The molecule has 2 N–H and O–H groups in total. The van der Waals surface area contributed by atoms with Crippen LogP contribution in [0.15, 0.2) is 42.6 Å². The molecule has 3 rings (SSSR count). The van der Waals surface area contributed by atoms with E-state index in [9.17, 15) is 0 Å². The second-order valence-corrected chi connectivity index (χ2v) is 3.98. The number of anilines is 1. The minimum Gasteiger partial charge on any atom is -0.396 e. The molecule has 4 heteroatoms. The van der Waals surface area contributed by atoms with E-state index in [0.717, 1.165) is 22.6 Å². The number of rotatable bonds is 1. The van der Waals surface area contributed by atoms with Crippen molar-refractivity contribution in [2.45, 2.75) is 6.92 Å². The largest absolute Gasteiger partial charge is 0.396 e. The van der Waals surface area contributed by atoms with Crippen LogP contribution < -0.4 is 5.73 Å². The first kappa shape index (κ1) is 9.84. The lowest BCUT2D eigenvalue weighted by atomic mass is 10.1. The summed E-state index contributed by atoms with van der Waals surface area (Å²) in [5.74, 6) is 0. The van der Waals surface area contributed by atoms with E-state index in [2.05, 4.69) is 10.1 Å². The zero-order chi connectivity index (χ0) is 11.8. The highest BCUT2D eigenvalue weighted by Gasteiger charge is 2.10. The van der Waals surface area contributed by atoms with Gasteiger partial charge in [0, 0.05) is 11.6 Å². The Labute approximate surface area is 98.7 Å². The van der Waals surface area contributed by atoms with Gasteiger partial charge < -0.3 is 5.73 Å². The Kier molecular flexibility index (Phi) is 2.08. The van der Waals surface area contributed by atoms with E-state index in [1.165, 1.54) is 0 Å². The molecular formula is C13H12N4. The first-order chi connectivity index (χ1) is 8.25. The molecule has 84 valence electrons. The summed E-state index contributed by atoms with van der Waals surface area (Å²) in [4.78, 5) is 4.26. The Bertz CT molecular complexity index is 670. The minimum atomic E-state index is 0.631. The van der Waals surface area contributed by atoms with E-state index in [1.54, 1.807) is 10.7 Å². The third-order valence-corrected chi connectivity index (χ3v) is 2.68. The second kappa shape index (κ2) is 3.59. The molecule has 0 amide bonds. The van der Waals surface area contributed by atoms with Crippen LogP contribution in [0.2, 0.25) is 0 Å². The molecule has 1 aromatic carbocycles. The number of benzene rings is 1. The van der Waals surface area contributed by atoms with Gasteiger partial charge in [-0.1, -0.05) is 30.3 Å². The van der Waals surface area contributed by atoms with Gasteiger partial charge in [0.05, 0.1) is 23.3 Å². The summed E-state index contributed by atoms with van der Waals surface area (Å²) in [6.45, 7) is 1.94. The summed E-state index contributed by atoms with van der Waals surface area (Å²) in [5, 5.41) is 4.42. The smallest absolute Gasteiger partial charge is 0.156 e. The van der Waals surface area contributed by atoms with Crippen molar-refractivity contribution in [3.8, 4) is 11.3 Å². The van der Waals surface area contributed by atoms with Crippen LogP contribution in [0.1, 0.15) is 5.69 Å². The lowest BCUT2D eigenvalue weighted by molar-refractivity contribution is 0.927. The average molecular weight is 224 g/mol. The number of nitrogen functional groups attached to an aromatic ring is 1. The minimum absolute atomic E-state index is 0.631. The number of fused-ring (bicyclic) bond motifs is 1. The normalized spacial score (nSPS) is 10.9. The van der Waals surface area contributed by atoms with Gasteiger partial charge in [-0.2, -0.15) is 5.10 Å². The molecule has 2 heterocycles. The molecule has 2 aromatic heterocycles. The first-order valence-corrected chi connectivity index (χ1v) is 5.42. The summed E-state index contributed by atoms with van der Waals surface area (Å²) >= 11 is 0. The zero-order valence-corrected chi connectivity index (χ0v) is 9.46. The maximum atomic E-state index is 6.00. The predicted molar refractivity (Wildman–Crippen MR) is 67.6 cm³/mol.